The van der Waals surface area contributed by atoms with Crippen molar-refractivity contribution in [3.8, 4) is 0 Å². The Hall–Kier alpha value is -0.840. The smallest absolute Gasteiger partial charge is 0.330 e. The quantitative estimate of drug-likeness (QED) is 0.176. The van der Waals surface area contributed by atoms with Gasteiger partial charge in [-0.3, -0.25) is 4.57 Å². The largest absolute Gasteiger partial charge is 0.338 e. The number of unbranched alkanes of at least 4 members (excludes halogenated alkanes) is 8. The molecule has 6 nitrogen and oxygen atoms in total. The first-order valence-corrected chi connectivity index (χ1v) is 12.2. The number of nitrogens with one attached hydrogen (secondary N) is 2. The number of carbonyl (C=O) groups is 1. The summed E-state index contributed by atoms with van der Waals surface area (Å²) < 4.78 is 21.7. The lowest BCUT2D eigenvalue weighted by Gasteiger charge is -2.12. The van der Waals surface area contributed by atoms with Crippen molar-refractivity contribution in [1.29, 1.82) is 0 Å². The van der Waals surface area contributed by atoms with Gasteiger partial charge in [0.05, 0.1) is 6.16 Å². The Morgan fingerprint density at radius 2 is 1.33 bits per heavy atom. The molecule has 0 radical (unpaired) electrons. The van der Waals surface area contributed by atoms with Gasteiger partial charge in [-0.15, -0.1) is 0 Å². The Kier molecular flexibility index (Phi) is 17.9. The summed E-state index contributed by atoms with van der Waals surface area (Å²) in [7, 11) is 0.0577. The summed E-state index contributed by atoms with van der Waals surface area (Å²) in [5, 5.41) is 5.78. The molecule has 2 N–H and O–H groups in total. The van der Waals surface area contributed by atoms with Crippen LogP contribution in [0, 0.1) is 0 Å². The zero-order valence-corrected chi connectivity index (χ0v) is 18.5. The Balaban J connectivity index is 3.36. The van der Waals surface area contributed by atoms with Crippen LogP contribution in [0.2, 0.25) is 0 Å². The normalized spacial score (nSPS) is 11.8. The van der Waals surface area contributed by atoms with E-state index in [1.807, 2.05) is 0 Å². The average molecular weight is 405 g/mol. The topological polar surface area (TPSA) is 76.7 Å². The third-order valence-corrected chi connectivity index (χ3v) is 6.40. The van der Waals surface area contributed by atoms with E-state index in [1.165, 1.54) is 20.6 Å². The lowest BCUT2D eigenvalue weighted by atomic mass is 10.1. The van der Waals surface area contributed by atoms with E-state index in [0.29, 0.717) is 6.16 Å². The molecule has 0 rings (SSSR count). The standard InChI is InChI=1S/C20H41N2O4P/c1-4-5-14-17-21-20(23)22-18-15-12-10-8-6-7-9-11-13-16-19-27(24,25-2)26-3/h6,8H,4-5,7,9-19H2,1-3H3,(H2,21,22,23)/b8-6-. The van der Waals surface area contributed by atoms with Crippen LogP contribution in [0.25, 0.3) is 0 Å². The second kappa shape index (κ2) is 18.5. The van der Waals surface area contributed by atoms with E-state index < -0.39 is 7.60 Å². The van der Waals surface area contributed by atoms with Gasteiger partial charge in [-0.25, -0.2) is 4.79 Å². The molecule has 0 aromatic rings. The molecule has 0 aliphatic heterocycles. The lowest BCUT2D eigenvalue weighted by Crippen LogP contribution is -2.36. The van der Waals surface area contributed by atoms with Crippen molar-refractivity contribution < 1.29 is 18.4 Å². The number of hydrogen-bond acceptors (Lipinski definition) is 4. The van der Waals surface area contributed by atoms with Crippen molar-refractivity contribution in [2.45, 2.75) is 77.6 Å². The molecule has 0 aliphatic carbocycles. The molecule has 27 heavy (non-hydrogen) atoms. The maximum Gasteiger partial charge on any atom is 0.330 e. The number of rotatable bonds is 18. The summed E-state index contributed by atoms with van der Waals surface area (Å²) in [6.07, 6.45) is 16.8. The molecule has 0 spiro atoms. The van der Waals surface area contributed by atoms with Gasteiger partial charge in [0.25, 0.3) is 0 Å². The average Bonchev–Trinajstić information content (AvgIpc) is 2.68. The predicted molar refractivity (Wildman–Crippen MR) is 113 cm³/mol. The Morgan fingerprint density at radius 1 is 0.815 bits per heavy atom. The van der Waals surface area contributed by atoms with Crippen LogP contribution in [0.4, 0.5) is 4.79 Å². The monoisotopic (exact) mass is 404 g/mol. The fourth-order valence-corrected chi connectivity index (χ4v) is 3.77. The van der Waals surface area contributed by atoms with E-state index in [0.717, 1.165) is 77.3 Å². The minimum Gasteiger partial charge on any atom is -0.338 e. The van der Waals surface area contributed by atoms with Gasteiger partial charge in [-0.05, 0) is 44.9 Å². The van der Waals surface area contributed by atoms with Crippen LogP contribution < -0.4 is 10.6 Å². The summed E-state index contributed by atoms with van der Waals surface area (Å²) in [5.74, 6) is 0. The highest BCUT2D eigenvalue weighted by Gasteiger charge is 2.19. The van der Waals surface area contributed by atoms with Gasteiger partial charge in [-0.1, -0.05) is 44.8 Å². The second-order valence-electron chi connectivity index (χ2n) is 6.76. The van der Waals surface area contributed by atoms with Crippen molar-refractivity contribution in [3.05, 3.63) is 12.2 Å². The van der Waals surface area contributed by atoms with Crippen LogP contribution in [-0.4, -0.2) is 39.5 Å². The maximum absolute atomic E-state index is 11.9. The molecule has 0 saturated heterocycles. The highest BCUT2D eigenvalue weighted by Crippen LogP contribution is 2.47. The maximum atomic E-state index is 11.9. The fraction of sp³-hybridized carbons (Fsp3) is 0.850. The van der Waals surface area contributed by atoms with Gasteiger partial charge in [0.1, 0.15) is 0 Å². The third-order valence-electron chi connectivity index (χ3n) is 4.42. The minimum atomic E-state index is -2.82. The minimum absolute atomic E-state index is 0.0472. The molecule has 0 heterocycles. The molecule has 0 unspecified atom stereocenters. The summed E-state index contributed by atoms with van der Waals surface area (Å²) in [6.45, 7) is 3.65. The molecule has 0 aromatic carbocycles. The molecular formula is C20H41N2O4P. The van der Waals surface area contributed by atoms with Crippen molar-refractivity contribution in [2.75, 3.05) is 33.5 Å². The fourth-order valence-electron chi connectivity index (χ4n) is 2.64. The zero-order chi connectivity index (χ0) is 20.2. The zero-order valence-electron chi connectivity index (χ0n) is 17.6. The van der Waals surface area contributed by atoms with E-state index in [9.17, 15) is 9.36 Å². The first-order chi connectivity index (χ1) is 13.1. The highest BCUT2D eigenvalue weighted by molar-refractivity contribution is 7.53. The van der Waals surface area contributed by atoms with Gasteiger partial charge in [0, 0.05) is 27.3 Å². The van der Waals surface area contributed by atoms with Crippen LogP contribution in [0.3, 0.4) is 0 Å². The van der Waals surface area contributed by atoms with Crippen molar-refractivity contribution in [1.82, 2.24) is 10.6 Å². The second-order valence-corrected chi connectivity index (χ2v) is 9.16. The van der Waals surface area contributed by atoms with Crippen molar-refractivity contribution in [3.63, 3.8) is 0 Å². The van der Waals surface area contributed by atoms with Crippen LogP contribution >= 0.6 is 7.60 Å². The molecular weight excluding hydrogens is 363 g/mol. The Bertz CT molecular complexity index is 422. The highest BCUT2D eigenvalue weighted by atomic mass is 31.2. The number of urea groups is 1. The Morgan fingerprint density at radius 3 is 1.89 bits per heavy atom. The van der Waals surface area contributed by atoms with Gasteiger partial charge in [0.2, 0.25) is 0 Å². The number of amides is 2. The summed E-state index contributed by atoms with van der Waals surface area (Å²) >= 11 is 0. The van der Waals surface area contributed by atoms with E-state index in [4.69, 9.17) is 9.05 Å². The molecule has 2 amide bonds. The first-order valence-electron chi connectivity index (χ1n) is 10.4. The predicted octanol–water partition coefficient (Wildman–Crippen LogP) is 5.64. The summed E-state index contributed by atoms with van der Waals surface area (Å²) in [5.41, 5.74) is 0. The summed E-state index contributed by atoms with van der Waals surface area (Å²) in [4.78, 5) is 11.5. The molecule has 0 fully saturated rings. The van der Waals surface area contributed by atoms with Gasteiger partial charge >= 0.3 is 13.6 Å². The van der Waals surface area contributed by atoms with Crippen LogP contribution in [-0.2, 0) is 13.6 Å². The number of carbonyl (C=O) groups excluding carboxylic acids is 1. The third kappa shape index (κ3) is 17.0. The molecule has 160 valence electrons. The van der Waals surface area contributed by atoms with Crippen LogP contribution in [0.1, 0.15) is 77.6 Å². The molecule has 0 aromatic heterocycles. The summed E-state index contributed by atoms with van der Waals surface area (Å²) in [6, 6.07) is -0.0472. The Labute approximate surface area is 166 Å². The number of hydrogen-bond donors (Lipinski definition) is 2. The SMILES string of the molecule is CCCCCNC(=O)NCCCC/C=C\CCCCCCP(=O)(OC)OC. The van der Waals surface area contributed by atoms with E-state index in [2.05, 4.69) is 29.7 Å². The van der Waals surface area contributed by atoms with Crippen LogP contribution in [0.15, 0.2) is 12.2 Å². The molecule has 0 aliphatic rings. The molecule has 0 bridgehead atoms. The van der Waals surface area contributed by atoms with E-state index in [1.54, 1.807) is 0 Å². The van der Waals surface area contributed by atoms with Gasteiger partial charge < -0.3 is 19.7 Å². The number of allylic oxidation sites excluding steroid dienone is 2. The first kappa shape index (κ1) is 26.2. The van der Waals surface area contributed by atoms with E-state index in [-0.39, 0.29) is 6.03 Å². The lowest BCUT2D eigenvalue weighted by molar-refractivity contribution is 0.240. The van der Waals surface area contributed by atoms with E-state index >= 15 is 0 Å². The molecule has 0 saturated carbocycles. The molecule has 0 atom stereocenters. The van der Waals surface area contributed by atoms with Crippen LogP contribution in [0.5, 0.6) is 0 Å². The van der Waals surface area contributed by atoms with Gasteiger partial charge in [-0.2, -0.15) is 0 Å². The molecule has 7 heteroatoms. The van der Waals surface area contributed by atoms with Crippen molar-refractivity contribution >= 4 is 13.6 Å². The van der Waals surface area contributed by atoms with Gasteiger partial charge in [0.15, 0.2) is 0 Å². The van der Waals surface area contributed by atoms with Crippen molar-refractivity contribution in [2.24, 2.45) is 0 Å².